The van der Waals surface area contributed by atoms with Crippen LogP contribution < -0.4 is 15.5 Å². The third-order valence-electron chi connectivity index (χ3n) is 4.75. The molecule has 0 saturated heterocycles. The van der Waals surface area contributed by atoms with E-state index in [0.29, 0.717) is 30.8 Å². The summed E-state index contributed by atoms with van der Waals surface area (Å²) in [5.74, 6) is 0.251. The van der Waals surface area contributed by atoms with E-state index in [2.05, 4.69) is 22.7 Å². The fourth-order valence-electron chi connectivity index (χ4n) is 3.16. The molecule has 0 saturated carbocycles. The van der Waals surface area contributed by atoms with Gasteiger partial charge in [0.05, 0.1) is 11.7 Å². The van der Waals surface area contributed by atoms with Crippen molar-refractivity contribution < 1.29 is 13.9 Å². The number of nitrogens with zero attached hydrogens (tertiary/aromatic N) is 2. The fourth-order valence-corrected chi connectivity index (χ4v) is 3.16. The molecule has 0 bridgehead atoms. The van der Waals surface area contributed by atoms with Gasteiger partial charge in [0.25, 0.3) is 0 Å². The van der Waals surface area contributed by atoms with E-state index in [0.717, 1.165) is 35.7 Å². The number of carbonyl (C=O) groups excluding carboxylic acids is 1. The maximum absolute atomic E-state index is 13.6. The summed E-state index contributed by atoms with van der Waals surface area (Å²) >= 11 is 0. The van der Waals surface area contributed by atoms with Crippen LogP contribution in [0.3, 0.4) is 0 Å². The van der Waals surface area contributed by atoms with Crippen LogP contribution in [-0.2, 0) is 6.42 Å². The topological polar surface area (TPSA) is 68.2 Å². The first-order valence-corrected chi connectivity index (χ1v) is 9.98. The normalized spacial score (nSPS) is 10.9. The van der Waals surface area contributed by atoms with Crippen LogP contribution in [0.4, 0.5) is 9.18 Å². The highest BCUT2D eigenvalue weighted by atomic mass is 19.1. The maximum Gasteiger partial charge on any atom is 0.412 e. The summed E-state index contributed by atoms with van der Waals surface area (Å²) < 4.78 is 21.0. The number of rotatable bonds is 9. The number of ether oxygens (including phenoxy) is 1. The van der Waals surface area contributed by atoms with E-state index in [1.165, 1.54) is 6.20 Å². The Balaban J connectivity index is 1.58. The molecule has 2 N–H and O–H groups in total. The number of aromatic nitrogens is 2. The lowest BCUT2D eigenvalue weighted by atomic mass is 10.1. The quantitative estimate of drug-likeness (QED) is 0.519. The Morgan fingerprint density at radius 3 is 2.90 bits per heavy atom. The minimum atomic E-state index is -0.434. The highest BCUT2D eigenvalue weighted by Crippen LogP contribution is 2.25. The molecule has 2 heterocycles. The van der Waals surface area contributed by atoms with Crippen molar-refractivity contribution in [2.75, 3.05) is 18.5 Å². The van der Waals surface area contributed by atoms with Crippen LogP contribution in [0.1, 0.15) is 37.3 Å². The average Bonchev–Trinajstić information content (AvgIpc) is 3.02. The molecular formula is C22H27FN4O2. The van der Waals surface area contributed by atoms with Crippen molar-refractivity contribution >= 4 is 17.0 Å². The number of amides is 1. The monoisotopic (exact) mass is 398 g/mol. The predicted octanol–water partition coefficient (Wildman–Crippen LogP) is 4.55. The Labute approximate surface area is 170 Å². The van der Waals surface area contributed by atoms with Gasteiger partial charge in [0.1, 0.15) is 11.6 Å². The SMILES string of the molecule is CCCCNC(=O)Oc1ccc2c(c1)c(C)cn2NCCCc1ccncc1F. The third-order valence-corrected chi connectivity index (χ3v) is 4.75. The Morgan fingerprint density at radius 1 is 1.24 bits per heavy atom. The number of fused-ring (bicyclic) bond motifs is 1. The van der Waals surface area contributed by atoms with Gasteiger partial charge in [-0.25, -0.2) is 9.18 Å². The van der Waals surface area contributed by atoms with Crippen LogP contribution in [0.2, 0.25) is 0 Å². The van der Waals surface area contributed by atoms with Crippen LogP contribution in [0, 0.1) is 12.7 Å². The Kier molecular flexibility index (Phi) is 7.05. The Hall–Kier alpha value is -3.09. The lowest BCUT2D eigenvalue weighted by molar-refractivity contribution is 0.200. The van der Waals surface area contributed by atoms with Gasteiger partial charge in [-0.1, -0.05) is 13.3 Å². The largest absolute Gasteiger partial charge is 0.412 e. The second-order valence-corrected chi connectivity index (χ2v) is 7.01. The van der Waals surface area contributed by atoms with Crippen molar-refractivity contribution in [1.29, 1.82) is 0 Å². The molecule has 0 aliphatic rings. The zero-order chi connectivity index (χ0) is 20.6. The highest BCUT2D eigenvalue weighted by Gasteiger charge is 2.09. The molecule has 3 rings (SSSR count). The number of benzene rings is 1. The van der Waals surface area contributed by atoms with Crippen LogP contribution in [0.5, 0.6) is 5.75 Å². The number of unbranched alkanes of at least 4 members (excludes halogenated alkanes) is 1. The minimum absolute atomic E-state index is 0.263. The van der Waals surface area contributed by atoms with E-state index in [4.69, 9.17) is 4.74 Å². The molecule has 1 aromatic carbocycles. The minimum Gasteiger partial charge on any atom is -0.410 e. The van der Waals surface area contributed by atoms with Gasteiger partial charge in [-0.15, -0.1) is 0 Å². The number of hydrogen-bond acceptors (Lipinski definition) is 4. The highest BCUT2D eigenvalue weighted by molar-refractivity contribution is 5.86. The van der Waals surface area contributed by atoms with Crippen molar-refractivity contribution in [3.8, 4) is 5.75 Å². The van der Waals surface area contributed by atoms with E-state index in [-0.39, 0.29) is 5.82 Å². The molecule has 29 heavy (non-hydrogen) atoms. The number of carbonyl (C=O) groups is 1. The summed E-state index contributed by atoms with van der Waals surface area (Å²) in [6.07, 6.45) is 7.80. The molecule has 2 aromatic heterocycles. The van der Waals surface area contributed by atoms with Crippen LogP contribution in [0.15, 0.2) is 42.9 Å². The van der Waals surface area contributed by atoms with E-state index >= 15 is 0 Å². The number of nitrogens with one attached hydrogen (secondary N) is 2. The molecule has 154 valence electrons. The number of aryl methyl sites for hydroxylation is 2. The van der Waals surface area contributed by atoms with Crippen molar-refractivity contribution in [3.05, 3.63) is 59.8 Å². The van der Waals surface area contributed by atoms with Gasteiger partial charge in [-0.3, -0.25) is 9.66 Å². The van der Waals surface area contributed by atoms with Crippen LogP contribution >= 0.6 is 0 Å². The molecule has 1 amide bonds. The first-order chi connectivity index (χ1) is 14.1. The fraction of sp³-hybridized carbons (Fsp3) is 0.364. The van der Waals surface area contributed by atoms with Gasteiger partial charge in [0.15, 0.2) is 0 Å². The van der Waals surface area contributed by atoms with Crippen molar-refractivity contribution in [1.82, 2.24) is 15.0 Å². The first-order valence-electron chi connectivity index (χ1n) is 9.98. The van der Waals surface area contributed by atoms with E-state index in [1.54, 1.807) is 18.3 Å². The second kappa shape index (κ2) is 9.91. The predicted molar refractivity (Wildman–Crippen MR) is 112 cm³/mol. The Morgan fingerprint density at radius 2 is 2.10 bits per heavy atom. The molecule has 3 aromatic rings. The van der Waals surface area contributed by atoms with Crippen molar-refractivity contribution in [2.24, 2.45) is 0 Å². The van der Waals surface area contributed by atoms with Crippen LogP contribution in [0.25, 0.3) is 10.9 Å². The van der Waals surface area contributed by atoms with Gasteiger partial charge >= 0.3 is 6.09 Å². The average molecular weight is 398 g/mol. The lowest BCUT2D eigenvalue weighted by Gasteiger charge is -2.10. The molecule has 7 heteroatoms. The summed E-state index contributed by atoms with van der Waals surface area (Å²) in [6, 6.07) is 7.29. The summed E-state index contributed by atoms with van der Waals surface area (Å²) in [5.41, 5.74) is 6.10. The van der Waals surface area contributed by atoms with Gasteiger partial charge in [-0.2, -0.15) is 0 Å². The smallest absolute Gasteiger partial charge is 0.410 e. The zero-order valence-electron chi connectivity index (χ0n) is 16.9. The molecule has 0 radical (unpaired) electrons. The lowest BCUT2D eigenvalue weighted by Crippen LogP contribution is -2.27. The van der Waals surface area contributed by atoms with Gasteiger partial charge < -0.3 is 15.5 Å². The maximum atomic E-state index is 13.6. The Bertz CT molecular complexity index is 971. The van der Waals surface area contributed by atoms with E-state index in [1.807, 2.05) is 29.9 Å². The van der Waals surface area contributed by atoms with Gasteiger partial charge in [-0.05, 0) is 61.6 Å². The van der Waals surface area contributed by atoms with Crippen molar-refractivity contribution in [3.63, 3.8) is 0 Å². The number of hydrogen-bond donors (Lipinski definition) is 2. The summed E-state index contributed by atoms with van der Waals surface area (Å²) in [4.78, 5) is 15.6. The molecule has 0 unspecified atom stereocenters. The molecule has 0 aliphatic heterocycles. The number of halogens is 1. The standard InChI is InChI=1S/C22H27FN4O2/c1-3-4-10-25-22(28)29-18-7-8-21-19(13-18)16(2)15-27(21)26-11-5-6-17-9-12-24-14-20(17)23/h7-9,12-15,26H,3-6,10-11H2,1-2H3,(H,25,28). The molecule has 0 spiro atoms. The van der Waals surface area contributed by atoms with E-state index in [9.17, 15) is 9.18 Å². The van der Waals surface area contributed by atoms with Gasteiger partial charge in [0.2, 0.25) is 0 Å². The van der Waals surface area contributed by atoms with Crippen LogP contribution in [-0.4, -0.2) is 28.8 Å². The summed E-state index contributed by atoms with van der Waals surface area (Å²) in [6.45, 7) is 5.39. The van der Waals surface area contributed by atoms with Crippen molar-refractivity contribution in [2.45, 2.75) is 39.5 Å². The molecule has 0 atom stereocenters. The third kappa shape index (κ3) is 5.47. The zero-order valence-corrected chi connectivity index (χ0v) is 16.9. The summed E-state index contributed by atoms with van der Waals surface area (Å²) in [7, 11) is 0. The molecule has 0 aliphatic carbocycles. The number of pyridine rings is 1. The first kappa shape index (κ1) is 20.6. The molecular weight excluding hydrogens is 371 g/mol. The molecule has 0 fully saturated rings. The summed E-state index contributed by atoms with van der Waals surface area (Å²) in [5, 5.41) is 3.75. The van der Waals surface area contributed by atoms with E-state index < -0.39 is 6.09 Å². The molecule has 6 nitrogen and oxygen atoms in total. The second-order valence-electron chi connectivity index (χ2n) is 7.01. The van der Waals surface area contributed by atoms with Gasteiger partial charge in [0, 0.05) is 30.9 Å².